The quantitative estimate of drug-likeness (QED) is 0.701. The molecule has 1 fully saturated rings. The molecule has 1 atom stereocenters. The maximum atomic E-state index is 12.2. The number of carbonyl (C=O) groups excluding carboxylic acids is 2. The minimum atomic E-state index is -1.11. The highest BCUT2D eigenvalue weighted by molar-refractivity contribution is 6.21. The Morgan fingerprint density at radius 2 is 2.10 bits per heavy atom. The molecule has 21 heavy (non-hydrogen) atoms. The van der Waals surface area contributed by atoms with Gasteiger partial charge >= 0.3 is 12.0 Å². The van der Waals surface area contributed by atoms with Crippen molar-refractivity contribution in [3.05, 3.63) is 29.8 Å². The lowest BCUT2D eigenvalue weighted by Gasteiger charge is -2.13. The number of carboxylic acid groups (broad SMARTS) is 1. The van der Waals surface area contributed by atoms with Crippen molar-refractivity contribution in [2.45, 2.75) is 18.9 Å². The van der Waals surface area contributed by atoms with Crippen LogP contribution >= 0.6 is 12.4 Å². The summed E-state index contributed by atoms with van der Waals surface area (Å²) in [4.78, 5) is 35.9. The summed E-state index contributed by atoms with van der Waals surface area (Å²) in [5.74, 6) is -1.50. The molecule has 1 aromatic rings. The molecule has 4 N–H and O–H groups in total. The Kier molecular flexibility index (Phi) is 5.69. The normalized spacial score (nSPS) is 17.4. The van der Waals surface area contributed by atoms with Gasteiger partial charge in [0.1, 0.15) is 6.04 Å². The molecule has 8 heteroatoms. The summed E-state index contributed by atoms with van der Waals surface area (Å²) in [6.07, 6.45) is 1.09. The Morgan fingerprint density at radius 3 is 2.71 bits per heavy atom. The summed E-state index contributed by atoms with van der Waals surface area (Å²) in [7, 11) is 0. The molecule has 0 unspecified atom stereocenters. The van der Waals surface area contributed by atoms with Gasteiger partial charge in [0.2, 0.25) is 0 Å². The van der Waals surface area contributed by atoms with Gasteiger partial charge in [-0.15, -0.1) is 12.4 Å². The molecule has 1 aromatic carbocycles. The molecule has 0 aromatic heterocycles. The third-order valence-corrected chi connectivity index (χ3v) is 3.07. The standard InChI is InChI=1S/C13H15N3O4.ClH/c14-6-2-5-10-11(17)16(13(20)15-10)9-4-1-3-8(7-9)12(18)19;/h1,3-4,7,10H,2,5-6,14H2,(H,15,20)(H,18,19);1H/t10-;/m0./s1. The van der Waals surface area contributed by atoms with Crippen LogP contribution in [0.5, 0.6) is 0 Å². The van der Waals surface area contributed by atoms with E-state index in [0.717, 1.165) is 4.90 Å². The Labute approximate surface area is 127 Å². The fourth-order valence-corrected chi connectivity index (χ4v) is 2.07. The van der Waals surface area contributed by atoms with E-state index in [-0.39, 0.29) is 29.6 Å². The first-order valence-corrected chi connectivity index (χ1v) is 6.22. The van der Waals surface area contributed by atoms with Crippen LogP contribution in [-0.4, -0.2) is 35.6 Å². The van der Waals surface area contributed by atoms with E-state index in [4.69, 9.17) is 10.8 Å². The van der Waals surface area contributed by atoms with Crippen LogP contribution in [0.1, 0.15) is 23.2 Å². The van der Waals surface area contributed by atoms with Crippen LogP contribution in [0.25, 0.3) is 0 Å². The van der Waals surface area contributed by atoms with Gasteiger partial charge in [-0.3, -0.25) is 4.79 Å². The fourth-order valence-electron chi connectivity index (χ4n) is 2.07. The molecule has 2 rings (SSSR count). The second-order valence-corrected chi connectivity index (χ2v) is 4.46. The lowest BCUT2D eigenvalue weighted by atomic mass is 10.1. The number of carboxylic acids is 1. The summed E-state index contributed by atoms with van der Waals surface area (Å²) in [5.41, 5.74) is 5.66. The summed E-state index contributed by atoms with van der Waals surface area (Å²) in [5, 5.41) is 11.5. The zero-order chi connectivity index (χ0) is 14.7. The number of amides is 3. The number of hydrogen-bond donors (Lipinski definition) is 3. The van der Waals surface area contributed by atoms with Crippen molar-refractivity contribution in [2.24, 2.45) is 5.73 Å². The zero-order valence-corrected chi connectivity index (χ0v) is 11.9. The van der Waals surface area contributed by atoms with Crippen molar-refractivity contribution < 1.29 is 19.5 Å². The van der Waals surface area contributed by atoms with Gasteiger partial charge in [-0.05, 0) is 37.6 Å². The van der Waals surface area contributed by atoms with Gasteiger partial charge in [0, 0.05) is 0 Å². The highest BCUT2D eigenvalue weighted by Crippen LogP contribution is 2.22. The topological polar surface area (TPSA) is 113 Å². The highest BCUT2D eigenvalue weighted by atomic mass is 35.5. The first-order chi connectivity index (χ1) is 9.54. The fraction of sp³-hybridized carbons (Fsp3) is 0.308. The largest absolute Gasteiger partial charge is 0.478 e. The van der Waals surface area contributed by atoms with Gasteiger partial charge < -0.3 is 16.2 Å². The van der Waals surface area contributed by atoms with E-state index in [2.05, 4.69) is 5.32 Å². The Hall–Kier alpha value is -2.12. The number of anilines is 1. The highest BCUT2D eigenvalue weighted by Gasteiger charge is 2.38. The molecule has 0 aliphatic carbocycles. The summed E-state index contributed by atoms with van der Waals surface area (Å²) in [6.45, 7) is 0.439. The number of halogens is 1. The molecule has 0 spiro atoms. The number of hydrogen-bond acceptors (Lipinski definition) is 4. The van der Waals surface area contributed by atoms with Crippen molar-refractivity contribution in [3.63, 3.8) is 0 Å². The van der Waals surface area contributed by atoms with E-state index in [1.165, 1.54) is 24.3 Å². The van der Waals surface area contributed by atoms with Gasteiger partial charge in [0.05, 0.1) is 11.3 Å². The minimum Gasteiger partial charge on any atom is -0.478 e. The molecular weight excluding hydrogens is 298 g/mol. The van der Waals surface area contributed by atoms with Gasteiger partial charge in [-0.1, -0.05) is 6.07 Å². The molecule has 0 bridgehead atoms. The maximum absolute atomic E-state index is 12.2. The third kappa shape index (κ3) is 3.50. The van der Waals surface area contributed by atoms with Gasteiger partial charge in [-0.25, -0.2) is 14.5 Å². The Balaban J connectivity index is 0.00000220. The Morgan fingerprint density at radius 1 is 1.38 bits per heavy atom. The number of carbonyl (C=O) groups is 3. The average Bonchev–Trinajstić information content (AvgIpc) is 2.71. The van der Waals surface area contributed by atoms with E-state index < -0.39 is 18.0 Å². The average molecular weight is 314 g/mol. The van der Waals surface area contributed by atoms with Crippen LogP contribution in [0, 0.1) is 0 Å². The number of benzene rings is 1. The first-order valence-electron chi connectivity index (χ1n) is 6.22. The van der Waals surface area contributed by atoms with Gasteiger partial charge in [0.15, 0.2) is 0 Å². The lowest BCUT2D eigenvalue weighted by Crippen LogP contribution is -2.31. The maximum Gasteiger partial charge on any atom is 0.335 e. The molecule has 0 saturated carbocycles. The van der Waals surface area contributed by atoms with Crippen LogP contribution in [0.3, 0.4) is 0 Å². The van der Waals surface area contributed by atoms with Crippen LogP contribution < -0.4 is 16.0 Å². The van der Waals surface area contributed by atoms with Crippen LogP contribution in [0.4, 0.5) is 10.5 Å². The number of nitrogens with zero attached hydrogens (tertiary/aromatic N) is 1. The van der Waals surface area contributed by atoms with E-state index >= 15 is 0 Å². The van der Waals surface area contributed by atoms with E-state index in [0.29, 0.717) is 19.4 Å². The predicted molar refractivity (Wildman–Crippen MR) is 78.7 cm³/mol. The molecule has 7 nitrogen and oxygen atoms in total. The van der Waals surface area contributed by atoms with E-state index in [9.17, 15) is 14.4 Å². The number of aromatic carboxylic acids is 1. The zero-order valence-electron chi connectivity index (χ0n) is 11.1. The molecule has 1 aliphatic heterocycles. The van der Waals surface area contributed by atoms with Crippen molar-refractivity contribution >= 4 is 36.0 Å². The smallest absolute Gasteiger partial charge is 0.335 e. The molecular formula is C13H16ClN3O4. The second kappa shape index (κ2) is 7.05. The Bertz CT molecular complexity index is 564. The summed E-state index contributed by atoms with van der Waals surface area (Å²) < 4.78 is 0. The van der Waals surface area contributed by atoms with E-state index in [1.54, 1.807) is 0 Å². The lowest BCUT2D eigenvalue weighted by molar-refractivity contribution is -0.118. The molecule has 1 aliphatic rings. The van der Waals surface area contributed by atoms with Crippen LogP contribution in [0.15, 0.2) is 24.3 Å². The number of nitrogens with one attached hydrogen (secondary N) is 1. The van der Waals surface area contributed by atoms with E-state index in [1.807, 2.05) is 0 Å². The molecule has 114 valence electrons. The number of rotatable bonds is 5. The summed E-state index contributed by atoms with van der Waals surface area (Å²) >= 11 is 0. The van der Waals surface area contributed by atoms with Crippen LogP contribution in [-0.2, 0) is 4.79 Å². The number of imide groups is 1. The predicted octanol–water partition coefficient (Wildman–Crippen LogP) is 0.970. The SMILES string of the molecule is Cl.NCCC[C@@H]1NC(=O)N(c2cccc(C(=O)O)c2)C1=O. The monoisotopic (exact) mass is 313 g/mol. The van der Waals surface area contributed by atoms with Gasteiger partial charge in [0.25, 0.3) is 5.91 Å². The van der Waals surface area contributed by atoms with Crippen LogP contribution in [0.2, 0.25) is 0 Å². The molecule has 3 amide bonds. The summed E-state index contributed by atoms with van der Waals surface area (Å²) in [6, 6.07) is 4.57. The number of urea groups is 1. The van der Waals surface area contributed by atoms with Crippen molar-refractivity contribution in [2.75, 3.05) is 11.4 Å². The van der Waals surface area contributed by atoms with Crippen molar-refractivity contribution in [3.8, 4) is 0 Å². The first kappa shape index (κ1) is 16.9. The number of nitrogens with two attached hydrogens (primary N) is 1. The molecule has 0 radical (unpaired) electrons. The minimum absolute atomic E-state index is 0. The second-order valence-electron chi connectivity index (χ2n) is 4.46. The van der Waals surface area contributed by atoms with Crippen molar-refractivity contribution in [1.29, 1.82) is 0 Å². The molecule has 1 heterocycles. The van der Waals surface area contributed by atoms with Gasteiger partial charge in [-0.2, -0.15) is 0 Å². The molecule has 1 saturated heterocycles. The third-order valence-electron chi connectivity index (χ3n) is 3.07. The van der Waals surface area contributed by atoms with Crippen molar-refractivity contribution in [1.82, 2.24) is 5.32 Å².